The molecule has 10 heteroatoms. The van der Waals surface area contributed by atoms with Gasteiger partial charge in [0.1, 0.15) is 11.6 Å². The maximum atomic E-state index is 16.2. The summed E-state index contributed by atoms with van der Waals surface area (Å²) in [7, 11) is -4.68. The molecular weight excluding hydrogens is 537 g/mol. The lowest BCUT2D eigenvalue weighted by Gasteiger charge is -2.19. The van der Waals surface area contributed by atoms with Gasteiger partial charge in [-0.15, -0.1) is 22.7 Å². The SMILES string of the molecule is O=P1(c2ccccc2)c2c(F)c(-c3cccs3)c(F)c(F)c2-c2c(F)c(F)c(-c3cccs3)c(F)c21. The van der Waals surface area contributed by atoms with Crippen LogP contribution in [0.3, 0.4) is 0 Å². The van der Waals surface area contributed by atoms with Gasteiger partial charge >= 0.3 is 0 Å². The number of hydrogen-bond donors (Lipinski definition) is 0. The van der Waals surface area contributed by atoms with E-state index in [0.29, 0.717) is 0 Å². The van der Waals surface area contributed by atoms with Crippen molar-refractivity contribution in [2.24, 2.45) is 0 Å². The number of thiophene rings is 2. The molecule has 0 amide bonds. The first-order valence-corrected chi connectivity index (χ1v) is 13.9. The predicted octanol–water partition coefficient (Wildman–Crippen LogP) is 7.60. The third-order valence-corrected chi connectivity index (χ3v) is 11.0. The first-order chi connectivity index (χ1) is 17.3. The molecule has 6 rings (SSSR count). The van der Waals surface area contributed by atoms with E-state index < -0.39 is 74.9 Å². The van der Waals surface area contributed by atoms with Crippen LogP contribution in [0.2, 0.25) is 0 Å². The molecule has 1 aliphatic heterocycles. The van der Waals surface area contributed by atoms with Crippen molar-refractivity contribution in [1.29, 1.82) is 0 Å². The van der Waals surface area contributed by atoms with Crippen molar-refractivity contribution in [3.05, 3.63) is 100 Å². The van der Waals surface area contributed by atoms with Gasteiger partial charge in [0.05, 0.1) is 21.7 Å². The summed E-state index contributed by atoms with van der Waals surface area (Å²) < 4.78 is 109. The quantitative estimate of drug-likeness (QED) is 0.127. The van der Waals surface area contributed by atoms with Gasteiger partial charge in [-0.05, 0) is 22.9 Å². The Hall–Kier alpha value is -3.13. The largest absolute Gasteiger partial charge is 0.308 e. The van der Waals surface area contributed by atoms with Crippen LogP contribution in [0.5, 0.6) is 0 Å². The maximum Gasteiger partial charge on any atom is 0.178 e. The van der Waals surface area contributed by atoms with E-state index in [0.717, 1.165) is 22.7 Å². The van der Waals surface area contributed by atoms with Crippen molar-refractivity contribution in [3.63, 3.8) is 0 Å². The number of rotatable bonds is 3. The molecule has 3 heterocycles. The second-order valence-corrected chi connectivity index (χ2v) is 12.5. The highest BCUT2D eigenvalue weighted by atomic mass is 32.1. The predicted molar refractivity (Wildman–Crippen MR) is 131 cm³/mol. The number of hydrogen-bond acceptors (Lipinski definition) is 3. The molecule has 1 aliphatic rings. The minimum absolute atomic E-state index is 0.00586. The first-order valence-electron chi connectivity index (χ1n) is 10.4. The lowest BCUT2D eigenvalue weighted by molar-refractivity contribution is 0.495. The summed E-state index contributed by atoms with van der Waals surface area (Å²) in [5, 5.41) is 1.12. The van der Waals surface area contributed by atoms with E-state index in [-0.39, 0.29) is 15.1 Å². The molecule has 0 unspecified atom stereocenters. The Morgan fingerprint density at radius 2 is 0.917 bits per heavy atom. The molecule has 0 bridgehead atoms. The molecular formula is C26H11F6OPS2. The van der Waals surface area contributed by atoms with Crippen molar-refractivity contribution in [2.45, 2.75) is 0 Å². The zero-order chi connectivity index (χ0) is 25.4. The molecule has 180 valence electrons. The molecule has 1 nitrogen and oxygen atoms in total. The molecule has 0 atom stereocenters. The van der Waals surface area contributed by atoms with Gasteiger partial charge < -0.3 is 4.57 Å². The fourth-order valence-electron chi connectivity index (χ4n) is 4.63. The van der Waals surface area contributed by atoms with E-state index in [1.165, 1.54) is 59.3 Å². The second kappa shape index (κ2) is 8.20. The lowest BCUT2D eigenvalue weighted by atomic mass is 9.98. The summed E-state index contributed by atoms with van der Waals surface area (Å²) in [6, 6.07) is 12.7. The Labute approximate surface area is 208 Å². The molecule has 0 N–H and O–H groups in total. The third kappa shape index (κ3) is 2.94. The molecule has 0 radical (unpaired) electrons. The van der Waals surface area contributed by atoms with Crippen LogP contribution in [0.1, 0.15) is 0 Å². The molecule has 5 aromatic rings. The molecule has 36 heavy (non-hydrogen) atoms. The van der Waals surface area contributed by atoms with E-state index in [1.54, 1.807) is 6.07 Å². The lowest BCUT2D eigenvalue weighted by Crippen LogP contribution is -2.26. The van der Waals surface area contributed by atoms with Crippen LogP contribution in [-0.2, 0) is 4.57 Å². The Morgan fingerprint density at radius 1 is 0.500 bits per heavy atom. The highest BCUT2D eigenvalue weighted by Crippen LogP contribution is 2.57. The van der Waals surface area contributed by atoms with Crippen molar-refractivity contribution >= 4 is 45.7 Å². The van der Waals surface area contributed by atoms with Crippen molar-refractivity contribution in [1.82, 2.24) is 0 Å². The van der Waals surface area contributed by atoms with Crippen LogP contribution < -0.4 is 15.9 Å². The number of fused-ring (bicyclic) bond motifs is 3. The Bertz CT molecular complexity index is 1610. The molecule has 0 fully saturated rings. The van der Waals surface area contributed by atoms with Crippen molar-refractivity contribution < 1.29 is 30.9 Å². The van der Waals surface area contributed by atoms with Crippen LogP contribution in [-0.4, -0.2) is 0 Å². The average molecular weight is 548 g/mol. The summed E-state index contributed by atoms with van der Waals surface area (Å²) in [5.74, 6) is -9.61. The summed E-state index contributed by atoms with van der Waals surface area (Å²) in [5.41, 5.74) is -3.74. The zero-order valence-electron chi connectivity index (χ0n) is 17.8. The molecule has 2 aromatic heterocycles. The van der Waals surface area contributed by atoms with Crippen LogP contribution in [0.4, 0.5) is 26.3 Å². The molecule has 3 aromatic carbocycles. The van der Waals surface area contributed by atoms with Crippen LogP contribution in [0, 0.1) is 34.9 Å². The highest BCUT2D eigenvalue weighted by molar-refractivity contribution is 7.86. The number of benzene rings is 3. The summed E-state index contributed by atoms with van der Waals surface area (Å²) in [4.78, 5) is -0.0117. The normalized spacial score (nSPS) is 13.6. The fraction of sp³-hybridized carbons (Fsp3) is 0. The molecule has 0 saturated heterocycles. The van der Waals surface area contributed by atoms with Gasteiger partial charge in [-0.25, -0.2) is 26.3 Å². The van der Waals surface area contributed by atoms with Crippen molar-refractivity contribution in [3.8, 4) is 32.0 Å². The van der Waals surface area contributed by atoms with Gasteiger partial charge in [-0.1, -0.05) is 42.5 Å². The van der Waals surface area contributed by atoms with Crippen LogP contribution in [0.15, 0.2) is 65.4 Å². The zero-order valence-corrected chi connectivity index (χ0v) is 20.3. The van der Waals surface area contributed by atoms with E-state index in [2.05, 4.69) is 0 Å². The van der Waals surface area contributed by atoms with Gasteiger partial charge in [0, 0.05) is 26.2 Å². The van der Waals surface area contributed by atoms with E-state index in [4.69, 9.17) is 0 Å². The first kappa shape index (κ1) is 23.3. The Kier molecular flexibility index (Phi) is 5.30. The third-order valence-electron chi connectivity index (χ3n) is 6.13. The van der Waals surface area contributed by atoms with Gasteiger partial charge in [-0.2, -0.15) is 0 Å². The molecule has 0 spiro atoms. The van der Waals surface area contributed by atoms with Gasteiger partial charge in [0.2, 0.25) is 0 Å². The van der Waals surface area contributed by atoms with Crippen molar-refractivity contribution in [2.75, 3.05) is 0 Å². The minimum Gasteiger partial charge on any atom is -0.308 e. The van der Waals surface area contributed by atoms with Gasteiger partial charge in [0.25, 0.3) is 0 Å². The van der Waals surface area contributed by atoms with Gasteiger partial charge in [0.15, 0.2) is 30.4 Å². The average Bonchev–Trinajstić information content (AvgIpc) is 3.63. The van der Waals surface area contributed by atoms with Crippen LogP contribution >= 0.6 is 29.8 Å². The van der Waals surface area contributed by atoms with Gasteiger partial charge in [-0.3, -0.25) is 0 Å². The number of halogens is 6. The summed E-state index contributed by atoms with van der Waals surface area (Å²) >= 11 is 1.81. The minimum atomic E-state index is -4.68. The topological polar surface area (TPSA) is 17.1 Å². The van der Waals surface area contributed by atoms with E-state index >= 15 is 26.3 Å². The highest BCUT2D eigenvalue weighted by Gasteiger charge is 2.51. The fourth-order valence-corrected chi connectivity index (χ4v) is 9.30. The Balaban J connectivity index is 1.84. The molecule has 0 aliphatic carbocycles. The Morgan fingerprint density at radius 3 is 1.31 bits per heavy atom. The second-order valence-electron chi connectivity index (χ2n) is 7.98. The molecule has 0 saturated carbocycles. The summed E-state index contributed by atoms with van der Waals surface area (Å²) in [6.07, 6.45) is 0. The summed E-state index contributed by atoms with van der Waals surface area (Å²) in [6.45, 7) is 0. The maximum absolute atomic E-state index is 16.2. The van der Waals surface area contributed by atoms with E-state index in [9.17, 15) is 4.57 Å². The standard InChI is InChI=1S/C26H11F6OPS2/c27-19-15(13-8-4-10-35-13)23(31)25-17(21(19)29)18-22(30)20(28)16(14-9-5-11-36-14)24(32)26(18)34(25,33)12-6-2-1-3-7-12/h1-11H. The van der Waals surface area contributed by atoms with E-state index in [1.807, 2.05) is 0 Å². The monoisotopic (exact) mass is 548 g/mol. The van der Waals surface area contributed by atoms with Crippen LogP contribution in [0.25, 0.3) is 32.0 Å². The smallest absolute Gasteiger partial charge is 0.178 e.